The van der Waals surface area contributed by atoms with E-state index in [1.165, 1.54) is 6.42 Å². The van der Waals surface area contributed by atoms with Crippen LogP contribution >= 0.6 is 0 Å². The summed E-state index contributed by atoms with van der Waals surface area (Å²) >= 11 is 0. The van der Waals surface area contributed by atoms with E-state index in [4.69, 9.17) is 5.73 Å². The number of nitrogens with two attached hydrogens (primary N) is 1. The predicted molar refractivity (Wildman–Crippen MR) is 55.2 cm³/mol. The van der Waals surface area contributed by atoms with Gasteiger partial charge in [0.25, 0.3) is 0 Å². The van der Waals surface area contributed by atoms with E-state index in [1.807, 2.05) is 6.08 Å². The highest BCUT2D eigenvalue weighted by Gasteiger charge is 2.06. The van der Waals surface area contributed by atoms with Crippen LogP contribution in [0, 0.1) is 0 Å². The summed E-state index contributed by atoms with van der Waals surface area (Å²) in [6, 6.07) is 0.678. The van der Waals surface area contributed by atoms with Gasteiger partial charge in [0, 0.05) is 19.1 Å². The smallest absolute Gasteiger partial charge is 0.0166 e. The molecule has 0 bridgehead atoms. The summed E-state index contributed by atoms with van der Waals surface area (Å²) in [6.45, 7) is 9.48. The summed E-state index contributed by atoms with van der Waals surface area (Å²) in [5.74, 6) is 0. The van der Waals surface area contributed by atoms with Crippen molar-refractivity contribution in [3.63, 3.8) is 0 Å². The van der Waals surface area contributed by atoms with E-state index < -0.39 is 0 Å². The normalized spacial score (nSPS) is 14.4. The SMILES string of the molecule is CCC(C)N(CC)CC=CCN. The fourth-order valence-electron chi connectivity index (χ4n) is 1.19. The molecule has 0 saturated heterocycles. The Balaban J connectivity index is 3.74. The van der Waals surface area contributed by atoms with Gasteiger partial charge in [-0.2, -0.15) is 0 Å². The van der Waals surface area contributed by atoms with Crippen LogP contribution in [0.3, 0.4) is 0 Å². The third-order valence-corrected chi connectivity index (χ3v) is 2.26. The lowest BCUT2D eigenvalue weighted by Gasteiger charge is -2.25. The zero-order chi connectivity index (χ0) is 9.40. The lowest BCUT2D eigenvalue weighted by molar-refractivity contribution is 0.238. The summed E-state index contributed by atoms with van der Waals surface area (Å²) in [6.07, 6.45) is 5.38. The molecule has 0 amide bonds. The Hall–Kier alpha value is -0.340. The van der Waals surface area contributed by atoms with Crippen molar-refractivity contribution in [3.05, 3.63) is 12.2 Å². The maximum absolute atomic E-state index is 5.36. The van der Waals surface area contributed by atoms with Gasteiger partial charge >= 0.3 is 0 Å². The summed E-state index contributed by atoms with van der Waals surface area (Å²) in [5, 5.41) is 0. The van der Waals surface area contributed by atoms with Gasteiger partial charge in [0.15, 0.2) is 0 Å². The highest BCUT2D eigenvalue weighted by molar-refractivity contribution is 4.86. The van der Waals surface area contributed by atoms with Gasteiger partial charge in [-0.15, -0.1) is 0 Å². The predicted octanol–water partition coefficient (Wildman–Crippen LogP) is 1.62. The van der Waals surface area contributed by atoms with Crippen LogP contribution in [0.4, 0.5) is 0 Å². The molecule has 0 aliphatic rings. The van der Waals surface area contributed by atoms with E-state index in [1.54, 1.807) is 0 Å². The fourth-order valence-corrected chi connectivity index (χ4v) is 1.19. The monoisotopic (exact) mass is 170 g/mol. The van der Waals surface area contributed by atoms with Gasteiger partial charge in [-0.05, 0) is 19.9 Å². The van der Waals surface area contributed by atoms with Gasteiger partial charge in [-0.25, -0.2) is 0 Å². The number of nitrogens with zero attached hydrogens (tertiary/aromatic N) is 1. The van der Waals surface area contributed by atoms with Crippen LogP contribution in [-0.2, 0) is 0 Å². The standard InChI is InChI=1S/C10H22N2/c1-4-10(3)12(5-2)9-7-6-8-11/h6-7,10H,4-5,8-9,11H2,1-3H3. The van der Waals surface area contributed by atoms with Crippen LogP contribution < -0.4 is 5.73 Å². The molecule has 2 nitrogen and oxygen atoms in total. The van der Waals surface area contributed by atoms with Gasteiger partial charge in [0.2, 0.25) is 0 Å². The molecule has 0 aromatic carbocycles. The molecule has 1 atom stereocenters. The second-order valence-corrected chi connectivity index (χ2v) is 3.05. The van der Waals surface area contributed by atoms with E-state index in [-0.39, 0.29) is 0 Å². The van der Waals surface area contributed by atoms with E-state index >= 15 is 0 Å². The van der Waals surface area contributed by atoms with Gasteiger partial charge in [-0.3, -0.25) is 4.90 Å². The van der Waals surface area contributed by atoms with Crippen LogP contribution in [0.25, 0.3) is 0 Å². The average molecular weight is 170 g/mol. The Labute approximate surface area is 76.4 Å². The molecule has 0 aliphatic carbocycles. The molecular formula is C10H22N2. The summed E-state index contributed by atoms with van der Waals surface area (Å²) in [5.41, 5.74) is 5.36. The molecule has 0 spiro atoms. The van der Waals surface area contributed by atoms with Crippen LogP contribution in [-0.4, -0.2) is 30.6 Å². The van der Waals surface area contributed by atoms with Crippen molar-refractivity contribution in [1.29, 1.82) is 0 Å². The molecule has 0 aliphatic heterocycles. The zero-order valence-corrected chi connectivity index (χ0v) is 8.59. The molecule has 72 valence electrons. The Morgan fingerprint density at radius 3 is 2.42 bits per heavy atom. The van der Waals surface area contributed by atoms with Crippen LogP contribution in [0.2, 0.25) is 0 Å². The molecule has 0 aromatic rings. The Morgan fingerprint density at radius 1 is 1.33 bits per heavy atom. The van der Waals surface area contributed by atoms with Crippen molar-refractivity contribution in [2.45, 2.75) is 33.2 Å². The van der Waals surface area contributed by atoms with Gasteiger partial charge in [0.1, 0.15) is 0 Å². The van der Waals surface area contributed by atoms with Crippen LogP contribution in [0.15, 0.2) is 12.2 Å². The Bertz CT molecular complexity index is 121. The molecule has 12 heavy (non-hydrogen) atoms. The third-order valence-electron chi connectivity index (χ3n) is 2.26. The van der Waals surface area contributed by atoms with Crippen LogP contribution in [0.5, 0.6) is 0 Å². The van der Waals surface area contributed by atoms with Crippen molar-refractivity contribution in [3.8, 4) is 0 Å². The van der Waals surface area contributed by atoms with Crippen molar-refractivity contribution in [2.75, 3.05) is 19.6 Å². The number of likely N-dealkylation sites (N-methyl/N-ethyl adjacent to an activating group) is 1. The molecule has 2 heteroatoms. The molecule has 0 aromatic heterocycles. The van der Waals surface area contributed by atoms with Gasteiger partial charge in [0.05, 0.1) is 0 Å². The molecular weight excluding hydrogens is 148 g/mol. The molecule has 2 N–H and O–H groups in total. The van der Waals surface area contributed by atoms with Crippen molar-refractivity contribution < 1.29 is 0 Å². The zero-order valence-electron chi connectivity index (χ0n) is 8.59. The second kappa shape index (κ2) is 7.32. The highest BCUT2D eigenvalue weighted by atomic mass is 15.1. The Kier molecular flexibility index (Phi) is 7.11. The summed E-state index contributed by atoms with van der Waals surface area (Å²) in [7, 11) is 0. The minimum atomic E-state index is 0.651. The molecule has 0 heterocycles. The Morgan fingerprint density at radius 2 is 2.00 bits per heavy atom. The summed E-state index contributed by atoms with van der Waals surface area (Å²) < 4.78 is 0. The molecule has 1 unspecified atom stereocenters. The molecule has 0 radical (unpaired) electrons. The van der Waals surface area contributed by atoms with E-state index in [0.29, 0.717) is 12.6 Å². The number of hydrogen-bond acceptors (Lipinski definition) is 2. The number of rotatable bonds is 6. The highest BCUT2D eigenvalue weighted by Crippen LogP contribution is 2.02. The minimum Gasteiger partial charge on any atom is -0.327 e. The van der Waals surface area contributed by atoms with Crippen molar-refractivity contribution >= 4 is 0 Å². The molecule has 0 saturated carbocycles. The van der Waals surface area contributed by atoms with Crippen molar-refractivity contribution in [2.24, 2.45) is 5.73 Å². The maximum Gasteiger partial charge on any atom is 0.0166 e. The van der Waals surface area contributed by atoms with Gasteiger partial charge in [-0.1, -0.05) is 26.0 Å². The van der Waals surface area contributed by atoms with E-state index in [0.717, 1.165) is 13.1 Å². The van der Waals surface area contributed by atoms with Crippen molar-refractivity contribution in [1.82, 2.24) is 4.90 Å². The second-order valence-electron chi connectivity index (χ2n) is 3.05. The van der Waals surface area contributed by atoms with E-state index in [2.05, 4.69) is 31.7 Å². The topological polar surface area (TPSA) is 29.3 Å². The average Bonchev–Trinajstić information content (AvgIpc) is 2.11. The lowest BCUT2D eigenvalue weighted by Crippen LogP contribution is -2.32. The lowest BCUT2D eigenvalue weighted by atomic mass is 10.2. The number of hydrogen-bond donors (Lipinski definition) is 1. The first-order valence-electron chi connectivity index (χ1n) is 4.85. The van der Waals surface area contributed by atoms with Gasteiger partial charge < -0.3 is 5.73 Å². The molecule has 0 fully saturated rings. The van der Waals surface area contributed by atoms with E-state index in [9.17, 15) is 0 Å². The minimum absolute atomic E-state index is 0.651. The third kappa shape index (κ3) is 4.52. The first-order valence-corrected chi connectivity index (χ1v) is 4.85. The fraction of sp³-hybridized carbons (Fsp3) is 0.800. The maximum atomic E-state index is 5.36. The quantitative estimate of drug-likeness (QED) is 0.614. The summed E-state index contributed by atoms with van der Waals surface area (Å²) in [4.78, 5) is 2.44. The first-order chi connectivity index (χ1) is 5.76. The first kappa shape index (κ1) is 11.7. The largest absolute Gasteiger partial charge is 0.327 e. The van der Waals surface area contributed by atoms with Crippen LogP contribution in [0.1, 0.15) is 27.2 Å². The molecule has 0 rings (SSSR count).